The molecule has 0 saturated heterocycles. The molecule has 1 nitrogen and oxygen atoms in total. The Bertz CT molecular complexity index is 71.4. The van der Waals surface area contributed by atoms with Crippen LogP contribution in [0.3, 0.4) is 0 Å². The van der Waals surface area contributed by atoms with Gasteiger partial charge in [-0.15, -0.1) is 0 Å². The van der Waals surface area contributed by atoms with Crippen molar-refractivity contribution in [3.05, 3.63) is 0 Å². The summed E-state index contributed by atoms with van der Waals surface area (Å²) in [5.41, 5.74) is 4.66. The van der Waals surface area contributed by atoms with E-state index in [4.69, 9.17) is 0 Å². The van der Waals surface area contributed by atoms with Gasteiger partial charge in [0.15, 0.2) is 0 Å². The van der Waals surface area contributed by atoms with Crippen molar-refractivity contribution in [2.45, 2.75) is 24.8 Å². The molecule has 0 radical (unpaired) electrons. The summed E-state index contributed by atoms with van der Waals surface area (Å²) in [4.78, 5) is 0. The van der Waals surface area contributed by atoms with Crippen LogP contribution in [0.1, 0.15) is 20.3 Å². The fraction of sp³-hybridized carbons (Fsp3) is 0.800. The summed E-state index contributed by atoms with van der Waals surface area (Å²) >= 11 is 9.71. The van der Waals surface area contributed by atoms with Gasteiger partial charge in [-0.05, 0) is 0 Å². The van der Waals surface area contributed by atoms with Crippen LogP contribution in [0.2, 0.25) is 4.51 Å². The van der Waals surface area contributed by atoms with Crippen molar-refractivity contribution in [3.63, 3.8) is 0 Å². The van der Waals surface area contributed by atoms with Crippen LogP contribution in [0.5, 0.6) is 0 Å². The quantitative estimate of drug-likeness (QED) is 0.407. The maximum atomic E-state index is 4.66. The monoisotopic (exact) mass is 213 g/mol. The second-order valence-electron chi connectivity index (χ2n) is 1.83. The van der Waals surface area contributed by atoms with Crippen molar-refractivity contribution in [2.24, 2.45) is 5.73 Å². The van der Waals surface area contributed by atoms with Crippen LogP contribution in [0.25, 0.3) is 0 Å². The van der Waals surface area contributed by atoms with Gasteiger partial charge in [0.2, 0.25) is 0 Å². The van der Waals surface area contributed by atoms with Crippen molar-refractivity contribution in [1.29, 1.82) is 0 Å². The van der Waals surface area contributed by atoms with Gasteiger partial charge in [0.25, 0.3) is 0 Å². The fourth-order valence-electron chi connectivity index (χ4n) is 0. The molecule has 0 saturated carbocycles. The first-order chi connectivity index (χ1) is 4.00. The van der Waals surface area contributed by atoms with E-state index in [1.54, 1.807) is 0 Å². The normalized spacial score (nSPS) is 11.1. The molecular weight excluding hydrogens is 204 g/mol. The molecule has 0 amide bonds. The maximum absolute atomic E-state index is 4.66. The summed E-state index contributed by atoms with van der Waals surface area (Å²) in [6.07, 6.45) is 1.36. The van der Waals surface area contributed by atoms with E-state index < -0.39 is 0 Å². The number of thiocarbonyl (C=S) groups is 1. The molecule has 0 heterocycles. The summed E-state index contributed by atoms with van der Waals surface area (Å²) in [6.45, 7) is 4.51. The minimum atomic E-state index is 0.0833. The van der Waals surface area contributed by atoms with Crippen LogP contribution >= 0.6 is 12.2 Å². The molecule has 50 valence electrons. The van der Waals surface area contributed by atoms with Gasteiger partial charge in [-0.3, -0.25) is 0 Å². The van der Waals surface area contributed by atoms with Gasteiger partial charge in [-0.25, -0.2) is 0 Å². The third kappa shape index (κ3) is 53.0. The summed E-state index contributed by atoms with van der Waals surface area (Å²) in [6, 6.07) is 0. The van der Waals surface area contributed by atoms with E-state index in [9.17, 15) is 0 Å². The van der Waals surface area contributed by atoms with Crippen LogP contribution in [0, 0.1) is 0 Å². The standard InChI is InChI=1S/C4H9.CH3NS2.Zn/c1-3-4-2;2-1(3)4;/h3H,4H2,1-2H3;(H3,2,3,4);/q;;+1/p-1. The van der Waals surface area contributed by atoms with Crippen molar-refractivity contribution < 1.29 is 18.3 Å². The van der Waals surface area contributed by atoms with Gasteiger partial charge >= 0.3 is 43.1 Å². The predicted octanol–water partition coefficient (Wildman–Crippen LogP) is 1.53. The van der Waals surface area contributed by atoms with E-state index >= 15 is 0 Å². The maximum Gasteiger partial charge on any atom is -0.0708 e. The molecule has 0 fully saturated rings. The first-order valence-corrected chi connectivity index (χ1v) is 5.33. The average molecular weight is 215 g/mol. The molecule has 1 unspecified atom stereocenters. The summed E-state index contributed by atoms with van der Waals surface area (Å²) < 4.78 is 1.09. The topological polar surface area (TPSA) is 26.0 Å². The van der Waals surface area contributed by atoms with E-state index in [0.717, 1.165) is 4.51 Å². The molecule has 0 bridgehead atoms. The van der Waals surface area contributed by atoms with Crippen LogP contribution in [0.4, 0.5) is 0 Å². The third-order valence-corrected chi connectivity index (χ3v) is 1.91. The Morgan fingerprint density at radius 2 is 2.00 bits per heavy atom. The molecule has 0 spiro atoms. The number of hydrogen-bond acceptors (Lipinski definition) is 2. The Morgan fingerprint density at radius 1 is 1.89 bits per heavy atom. The summed E-state index contributed by atoms with van der Waals surface area (Å²) in [5.74, 6) is 0. The molecule has 0 aliphatic rings. The van der Waals surface area contributed by atoms with E-state index in [1.165, 1.54) is 24.7 Å². The Hall–Kier alpha value is 0.733. The molecule has 0 aliphatic heterocycles. The van der Waals surface area contributed by atoms with Crippen molar-refractivity contribution >= 4 is 29.2 Å². The Labute approximate surface area is 77.9 Å². The van der Waals surface area contributed by atoms with Crippen LogP contribution in [-0.2, 0) is 30.9 Å². The van der Waals surface area contributed by atoms with Gasteiger partial charge in [0, 0.05) is 0 Å². The van der Waals surface area contributed by atoms with Gasteiger partial charge < -0.3 is 30.6 Å². The minimum Gasteiger partial charge on any atom is -0.415 e. The first kappa shape index (κ1) is 12.4. The number of nitrogens with two attached hydrogens (primary N) is 1. The van der Waals surface area contributed by atoms with Gasteiger partial charge in [-0.2, -0.15) is 0 Å². The number of rotatable bonds is 1. The molecule has 0 rings (SSSR count). The molecule has 0 aromatic carbocycles. The Morgan fingerprint density at radius 3 is 2.00 bits per heavy atom. The molecule has 0 aromatic heterocycles. The van der Waals surface area contributed by atoms with Gasteiger partial charge in [0.1, 0.15) is 0 Å². The third-order valence-electron chi connectivity index (χ3n) is 0.697. The van der Waals surface area contributed by atoms with Crippen LogP contribution < -0.4 is 5.73 Å². The van der Waals surface area contributed by atoms with Crippen molar-refractivity contribution in [3.8, 4) is 0 Å². The van der Waals surface area contributed by atoms with E-state index in [2.05, 4.69) is 44.4 Å². The molecule has 9 heavy (non-hydrogen) atoms. The predicted molar refractivity (Wildman–Crippen MR) is 43.9 cm³/mol. The number of hydrogen-bond donors (Lipinski definition) is 1. The Kier molecular flexibility index (Phi) is 12.0. The molecule has 0 aromatic rings. The van der Waals surface area contributed by atoms with Crippen LogP contribution in [0.15, 0.2) is 0 Å². The van der Waals surface area contributed by atoms with E-state index in [1.807, 2.05) is 0 Å². The van der Waals surface area contributed by atoms with E-state index in [0.29, 0.717) is 0 Å². The Balaban J connectivity index is 0. The molecule has 4 heteroatoms. The molecule has 2 N–H and O–H groups in total. The molecule has 0 aliphatic carbocycles. The second-order valence-corrected chi connectivity index (χ2v) is 5.89. The second kappa shape index (κ2) is 8.73. The SMILES string of the molecule is CC[CH](C)[Zn+].NC(=S)[S-]. The minimum absolute atomic E-state index is 0.0833. The summed E-state index contributed by atoms with van der Waals surface area (Å²) in [7, 11) is 0. The smallest absolute Gasteiger partial charge is 0.0708 e. The van der Waals surface area contributed by atoms with Crippen molar-refractivity contribution in [2.75, 3.05) is 0 Å². The largest absolute Gasteiger partial charge is 0.415 e. The van der Waals surface area contributed by atoms with Gasteiger partial charge in [-0.1, -0.05) is 4.32 Å². The average Bonchev–Trinajstić information content (AvgIpc) is 1.65. The zero-order chi connectivity index (χ0) is 7.86. The molecular formula is C5H11NS2Zn. The van der Waals surface area contributed by atoms with Crippen molar-refractivity contribution in [1.82, 2.24) is 0 Å². The zero-order valence-corrected chi connectivity index (χ0v) is 10.5. The molecule has 1 atom stereocenters. The zero-order valence-electron chi connectivity index (χ0n) is 5.89. The fourth-order valence-corrected chi connectivity index (χ4v) is 0. The van der Waals surface area contributed by atoms with Crippen LogP contribution in [-0.4, -0.2) is 4.32 Å². The summed E-state index contributed by atoms with van der Waals surface area (Å²) in [5, 5.41) is 0. The van der Waals surface area contributed by atoms with E-state index in [-0.39, 0.29) is 4.32 Å². The first-order valence-electron chi connectivity index (χ1n) is 2.80. The van der Waals surface area contributed by atoms with Gasteiger partial charge in [0.05, 0.1) is 0 Å².